The molecule has 1 aromatic heterocycles. The van der Waals surface area contributed by atoms with Gasteiger partial charge in [-0.1, -0.05) is 0 Å². The van der Waals surface area contributed by atoms with Crippen LogP contribution >= 0.6 is 11.6 Å². The predicted molar refractivity (Wildman–Crippen MR) is 59.4 cm³/mol. The van der Waals surface area contributed by atoms with E-state index in [4.69, 9.17) is 16.0 Å². The van der Waals surface area contributed by atoms with Crippen molar-refractivity contribution in [1.29, 1.82) is 0 Å². The molecule has 1 saturated carbocycles. The van der Waals surface area contributed by atoms with Crippen molar-refractivity contribution in [3.8, 4) is 0 Å². The second kappa shape index (κ2) is 4.89. The maximum Gasteiger partial charge on any atom is 0.287 e. The number of hydrogen-bond acceptors (Lipinski definition) is 3. The molecule has 1 aromatic rings. The molecule has 1 amide bonds. The summed E-state index contributed by atoms with van der Waals surface area (Å²) >= 11 is 5.57. The van der Waals surface area contributed by atoms with Gasteiger partial charge in [0.25, 0.3) is 5.91 Å². The van der Waals surface area contributed by atoms with Crippen LogP contribution in [0.2, 0.25) is 5.22 Å². The highest BCUT2D eigenvalue weighted by molar-refractivity contribution is 6.29. The summed E-state index contributed by atoms with van der Waals surface area (Å²) in [7, 11) is 0. The molecule has 2 unspecified atom stereocenters. The molecule has 1 heterocycles. The van der Waals surface area contributed by atoms with E-state index >= 15 is 0 Å². The van der Waals surface area contributed by atoms with Gasteiger partial charge in [0.1, 0.15) is 0 Å². The average molecular weight is 244 g/mol. The van der Waals surface area contributed by atoms with Crippen molar-refractivity contribution >= 4 is 17.5 Å². The van der Waals surface area contributed by atoms with E-state index in [0.717, 1.165) is 19.3 Å². The fourth-order valence-corrected chi connectivity index (χ4v) is 2.14. The molecule has 0 saturated heterocycles. The van der Waals surface area contributed by atoms with E-state index in [1.54, 1.807) is 6.07 Å². The van der Waals surface area contributed by atoms with Crippen molar-refractivity contribution in [1.82, 2.24) is 5.32 Å². The highest BCUT2D eigenvalue weighted by atomic mass is 35.5. The standard InChI is InChI=1S/C11H14ClNO3/c12-10-4-3-9(16-10)11(15)13-6-7-1-2-8(14)5-7/h3-4,7-8,14H,1-2,5-6H2,(H,13,15). The number of amides is 1. The Bertz CT molecular complexity index is 377. The normalized spacial score (nSPS) is 24.6. The van der Waals surface area contributed by atoms with Gasteiger partial charge >= 0.3 is 0 Å². The van der Waals surface area contributed by atoms with Gasteiger partial charge in [-0.05, 0) is 48.9 Å². The molecule has 88 valence electrons. The third-order valence-electron chi connectivity index (χ3n) is 2.86. The van der Waals surface area contributed by atoms with Gasteiger partial charge < -0.3 is 14.8 Å². The highest BCUT2D eigenvalue weighted by Gasteiger charge is 2.23. The lowest BCUT2D eigenvalue weighted by Crippen LogP contribution is -2.28. The van der Waals surface area contributed by atoms with Gasteiger partial charge in [0.05, 0.1) is 6.10 Å². The Hall–Kier alpha value is -1.00. The van der Waals surface area contributed by atoms with Crippen LogP contribution in [-0.2, 0) is 0 Å². The number of aliphatic hydroxyl groups is 1. The lowest BCUT2D eigenvalue weighted by Gasteiger charge is -2.09. The molecule has 16 heavy (non-hydrogen) atoms. The monoisotopic (exact) mass is 243 g/mol. The molecule has 4 nitrogen and oxygen atoms in total. The lowest BCUT2D eigenvalue weighted by molar-refractivity contribution is 0.0917. The molecule has 1 fully saturated rings. The Morgan fingerprint density at radius 1 is 1.56 bits per heavy atom. The Kier molecular flexibility index (Phi) is 3.51. The van der Waals surface area contributed by atoms with Crippen molar-refractivity contribution in [2.24, 2.45) is 5.92 Å². The van der Waals surface area contributed by atoms with Crippen molar-refractivity contribution in [2.75, 3.05) is 6.54 Å². The van der Waals surface area contributed by atoms with E-state index < -0.39 is 0 Å². The first-order valence-electron chi connectivity index (χ1n) is 5.37. The van der Waals surface area contributed by atoms with Crippen LogP contribution in [0.5, 0.6) is 0 Å². The number of furan rings is 1. The molecule has 0 bridgehead atoms. The quantitative estimate of drug-likeness (QED) is 0.851. The van der Waals surface area contributed by atoms with Crippen LogP contribution in [0, 0.1) is 5.92 Å². The maximum absolute atomic E-state index is 11.6. The van der Waals surface area contributed by atoms with Crippen LogP contribution in [0.25, 0.3) is 0 Å². The number of rotatable bonds is 3. The van der Waals surface area contributed by atoms with E-state index in [0.29, 0.717) is 12.5 Å². The smallest absolute Gasteiger partial charge is 0.287 e. The summed E-state index contributed by atoms with van der Waals surface area (Å²) in [5.41, 5.74) is 0. The first-order valence-corrected chi connectivity index (χ1v) is 5.74. The van der Waals surface area contributed by atoms with Gasteiger partial charge in [0, 0.05) is 6.54 Å². The number of carbonyl (C=O) groups excluding carboxylic acids is 1. The van der Waals surface area contributed by atoms with E-state index in [2.05, 4.69) is 5.32 Å². The molecule has 1 aliphatic rings. The number of nitrogens with one attached hydrogen (secondary N) is 1. The molecule has 0 spiro atoms. The van der Waals surface area contributed by atoms with Crippen molar-refractivity contribution < 1.29 is 14.3 Å². The van der Waals surface area contributed by atoms with E-state index in [1.165, 1.54) is 6.07 Å². The molecule has 0 radical (unpaired) electrons. The second-order valence-corrected chi connectivity index (χ2v) is 4.52. The van der Waals surface area contributed by atoms with Gasteiger partial charge in [-0.15, -0.1) is 0 Å². The molecular weight excluding hydrogens is 230 g/mol. The first kappa shape index (κ1) is 11.5. The zero-order chi connectivity index (χ0) is 11.5. The largest absolute Gasteiger partial charge is 0.440 e. The summed E-state index contributed by atoms with van der Waals surface area (Å²) in [4.78, 5) is 11.6. The molecule has 5 heteroatoms. The Morgan fingerprint density at radius 2 is 2.38 bits per heavy atom. The van der Waals surface area contributed by atoms with E-state index in [-0.39, 0.29) is 23.0 Å². The van der Waals surface area contributed by atoms with Crippen LogP contribution in [0.4, 0.5) is 0 Å². The number of hydrogen-bond donors (Lipinski definition) is 2. The van der Waals surface area contributed by atoms with Crippen molar-refractivity contribution in [3.63, 3.8) is 0 Å². The van der Waals surface area contributed by atoms with E-state index in [9.17, 15) is 9.90 Å². The minimum atomic E-state index is -0.256. The highest BCUT2D eigenvalue weighted by Crippen LogP contribution is 2.24. The van der Waals surface area contributed by atoms with Gasteiger partial charge in [0.2, 0.25) is 0 Å². The predicted octanol–water partition coefficient (Wildman–Crippen LogP) is 1.82. The SMILES string of the molecule is O=C(NCC1CCC(O)C1)c1ccc(Cl)o1. The zero-order valence-electron chi connectivity index (χ0n) is 8.78. The minimum absolute atomic E-state index is 0.208. The first-order chi connectivity index (χ1) is 7.65. The van der Waals surface area contributed by atoms with E-state index in [1.807, 2.05) is 0 Å². The third-order valence-corrected chi connectivity index (χ3v) is 3.06. The van der Waals surface area contributed by atoms with Crippen LogP contribution in [-0.4, -0.2) is 23.7 Å². The topological polar surface area (TPSA) is 62.5 Å². The summed E-state index contributed by atoms with van der Waals surface area (Å²) in [5.74, 6) is 0.334. The second-order valence-electron chi connectivity index (χ2n) is 4.15. The lowest BCUT2D eigenvalue weighted by atomic mass is 10.1. The molecule has 2 atom stereocenters. The average Bonchev–Trinajstić information content (AvgIpc) is 2.84. The fourth-order valence-electron chi connectivity index (χ4n) is 1.99. The molecule has 1 aliphatic carbocycles. The minimum Gasteiger partial charge on any atom is -0.440 e. The van der Waals surface area contributed by atoms with Crippen molar-refractivity contribution in [3.05, 3.63) is 23.1 Å². The third kappa shape index (κ3) is 2.77. The molecule has 2 N–H and O–H groups in total. The van der Waals surface area contributed by atoms with Gasteiger partial charge in [-0.25, -0.2) is 0 Å². The van der Waals surface area contributed by atoms with Gasteiger partial charge in [-0.2, -0.15) is 0 Å². The number of halogens is 1. The summed E-state index contributed by atoms with van der Waals surface area (Å²) in [6, 6.07) is 3.08. The number of carbonyl (C=O) groups is 1. The zero-order valence-corrected chi connectivity index (χ0v) is 9.54. The summed E-state index contributed by atoms with van der Waals surface area (Å²) in [5, 5.41) is 12.3. The molecule has 0 aromatic carbocycles. The van der Waals surface area contributed by atoms with Crippen molar-refractivity contribution in [2.45, 2.75) is 25.4 Å². The molecular formula is C11H14ClNO3. The fraction of sp³-hybridized carbons (Fsp3) is 0.545. The number of aliphatic hydroxyl groups excluding tert-OH is 1. The van der Waals surface area contributed by atoms with Crippen LogP contribution in [0.3, 0.4) is 0 Å². The van der Waals surface area contributed by atoms with Crippen LogP contribution < -0.4 is 5.32 Å². The molecule has 2 rings (SSSR count). The van der Waals surface area contributed by atoms with Crippen LogP contribution in [0.15, 0.2) is 16.5 Å². The summed E-state index contributed by atoms with van der Waals surface area (Å²) < 4.78 is 4.99. The Morgan fingerprint density at radius 3 is 2.94 bits per heavy atom. The summed E-state index contributed by atoms with van der Waals surface area (Å²) in [6.07, 6.45) is 2.34. The molecule has 0 aliphatic heterocycles. The summed E-state index contributed by atoms with van der Waals surface area (Å²) in [6.45, 7) is 0.578. The van der Waals surface area contributed by atoms with Crippen LogP contribution in [0.1, 0.15) is 29.8 Å². The Labute approximate surface area is 98.6 Å². The Balaban J connectivity index is 1.80. The van der Waals surface area contributed by atoms with Gasteiger partial charge in [-0.3, -0.25) is 4.79 Å². The maximum atomic E-state index is 11.6. The van der Waals surface area contributed by atoms with Gasteiger partial charge in [0.15, 0.2) is 11.0 Å².